The summed E-state index contributed by atoms with van der Waals surface area (Å²) in [5.41, 5.74) is 0.178. The van der Waals surface area contributed by atoms with Crippen molar-refractivity contribution < 1.29 is 9.84 Å². The highest BCUT2D eigenvalue weighted by molar-refractivity contribution is 6.31. The quantitative estimate of drug-likeness (QED) is 0.852. The summed E-state index contributed by atoms with van der Waals surface area (Å²) in [7, 11) is 3.30. The van der Waals surface area contributed by atoms with Crippen LogP contribution in [0.15, 0.2) is 12.1 Å². The highest BCUT2D eigenvalue weighted by atomic mass is 35.5. The van der Waals surface area contributed by atoms with E-state index in [1.807, 2.05) is 6.07 Å². The Morgan fingerprint density at radius 2 is 2.35 bits per heavy atom. The highest BCUT2D eigenvalue weighted by Crippen LogP contribution is 2.17. The summed E-state index contributed by atoms with van der Waals surface area (Å²) in [6, 6.07) is 5.22. The van der Waals surface area contributed by atoms with Crippen LogP contribution in [0.3, 0.4) is 0 Å². The molecule has 0 aliphatic heterocycles. The summed E-state index contributed by atoms with van der Waals surface area (Å²) in [5, 5.41) is 18.7. The Kier molecular flexibility index (Phi) is 5.16. The predicted molar refractivity (Wildman–Crippen MR) is 65.1 cm³/mol. The second kappa shape index (κ2) is 6.40. The van der Waals surface area contributed by atoms with Crippen LogP contribution >= 0.6 is 11.6 Å². The maximum absolute atomic E-state index is 9.58. The molecule has 5 nitrogen and oxygen atoms in total. The fourth-order valence-corrected chi connectivity index (χ4v) is 1.53. The summed E-state index contributed by atoms with van der Waals surface area (Å²) in [5.74, 6) is 0.584. The van der Waals surface area contributed by atoms with E-state index in [9.17, 15) is 5.11 Å². The number of hydrogen-bond acceptors (Lipinski definition) is 5. The van der Waals surface area contributed by atoms with Crippen LogP contribution in [0.4, 0.5) is 5.82 Å². The number of ether oxygens (including phenoxy) is 1. The maximum Gasteiger partial charge on any atom is 0.161 e. The number of likely N-dealkylation sites (N-methyl/N-ethyl adjacent to an activating group) is 1. The number of nitrogens with zero attached hydrogens (tertiary/aromatic N) is 3. The van der Waals surface area contributed by atoms with Crippen LogP contribution < -0.4 is 4.90 Å². The van der Waals surface area contributed by atoms with Gasteiger partial charge in [-0.05, 0) is 12.1 Å². The Hall–Kier alpha value is -1.35. The van der Waals surface area contributed by atoms with Gasteiger partial charge in [0.1, 0.15) is 11.9 Å². The molecule has 0 amide bonds. The van der Waals surface area contributed by atoms with Crippen LogP contribution in [0.5, 0.6) is 0 Å². The van der Waals surface area contributed by atoms with Crippen LogP contribution in [-0.2, 0) is 4.74 Å². The average Bonchev–Trinajstić information content (AvgIpc) is 2.29. The van der Waals surface area contributed by atoms with E-state index in [0.717, 1.165) is 0 Å². The molecular weight excluding hydrogens is 242 g/mol. The molecule has 1 N–H and O–H groups in total. The summed E-state index contributed by atoms with van der Waals surface area (Å²) in [4.78, 5) is 5.82. The number of anilines is 1. The summed E-state index contributed by atoms with van der Waals surface area (Å²) < 4.78 is 4.83. The Morgan fingerprint density at radius 1 is 1.65 bits per heavy atom. The van der Waals surface area contributed by atoms with E-state index in [0.29, 0.717) is 17.4 Å². The van der Waals surface area contributed by atoms with Crippen molar-refractivity contribution in [2.24, 2.45) is 0 Å². The lowest BCUT2D eigenvalue weighted by molar-refractivity contribution is 0.0694. The van der Waals surface area contributed by atoms with Crippen LogP contribution in [0.25, 0.3) is 0 Å². The van der Waals surface area contributed by atoms with Gasteiger partial charge in [0.2, 0.25) is 0 Å². The fraction of sp³-hybridized carbons (Fsp3) is 0.455. The molecule has 0 aliphatic carbocycles. The molecule has 6 heteroatoms. The first-order valence-corrected chi connectivity index (χ1v) is 5.41. The van der Waals surface area contributed by atoms with Crippen LogP contribution in [0, 0.1) is 11.3 Å². The molecule has 0 aliphatic rings. The summed E-state index contributed by atoms with van der Waals surface area (Å²) >= 11 is 5.78. The van der Waals surface area contributed by atoms with E-state index in [2.05, 4.69) is 4.98 Å². The number of methoxy groups -OCH3 is 1. The Morgan fingerprint density at radius 3 is 2.94 bits per heavy atom. The van der Waals surface area contributed by atoms with Crippen molar-refractivity contribution in [3.8, 4) is 6.07 Å². The van der Waals surface area contributed by atoms with Gasteiger partial charge in [-0.25, -0.2) is 4.98 Å². The number of aromatic nitrogens is 1. The smallest absolute Gasteiger partial charge is 0.161 e. The van der Waals surface area contributed by atoms with Crippen molar-refractivity contribution in [2.75, 3.05) is 32.2 Å². The Balaban J connectivity index is 2.76. The van der Waals surface area contributed by atoms with Crippen LogP contribution in [0.2, 0.25) is 5.02 Å². The van der Waals surface area contributed by atoms with Gasteiger partial charge < -0.3 is 14.7 Å². The van der Waals surface area contributed by atoms with Gasteiger partial charge in [0, 0.05) is 20.7 Å². The summed E-state index contributed by atoms with van der Waals surface area (Å²) in [6.07, 6.45) is -0.604. The summed E-state index contributed by atoms with van der Waals surface area (Å²) in [6.45, 7) is 0.621. The van der Waals surface area contributed by atoms with E-state index in [4.69, 9.17) is 21.6 Å². The highest BCUT2D eigenvalue weighted by Gasteiger charge is 2.11. The molecule has 92 valence electrons. The third-order valence-corrected chi connectivity index (χ3v) is 2.48. The maximum atomic E-state index is 9.58. The van der Waals surface area contributed by atoms with Gasteiger partial charge in [0.25, 0.3) is 0 Å². The molecule has 1 rings (SSSR count). The van der Waals surface area contributed by atoms with Gasteiger partial charge in [0.05, 0.1) is 17.7 Å². The second-order valence-electron chi connectivity index (χ2n) is 3.60. The van der Waals surface area contributed by atoms with Crippen molar-refractivity contribution in [1.82, 2.24) is 4.98 Å². The largest absolute Gasteiger partial charge is 0.389 e. The zero-order valence-electron chi connectivity index (χ0n) is 9.72. The molecule has 1 aromatic heterocycles. The lowest BCUT2D eigenvalue weighted by Crippen LogP contribution is -2.32. The van der Waals surface area contributed by atoms with Gasteiger partial charge in [-0.2, -0.15) is 5.26 Å². The molecule has 0 saturated heterocycles. The van der Waals surface area contributed by atoms with Gasteiger partial charge in [-0.15, -0.1) is 0 Å². The Bertz CT molecular complexity index is 420. The molecule has 0 spiro atoms. The number of aliphatic hydroxyl groups is 1. The van der Waals surface area contributed by atoms with Crippen molar-refractivity contribution >= 4 is 17.4 Å². The standard InChI is InChI=1S/C11H14ClN3O2/c1-15(6-8(16)7-17-2)11-4-3-9(12)10(5-13)14-11/h3-4,8,16H,6-7H2,1-2H3/t8-/m1/s1. The first-order chi connectivity index (χ1) is 8.08. The third-order valence-electron chi connectivity index (χ3n) is 2.17. The number of aliphatic hydroxyl groups excluding tert-OH is 1. The van der Waals surface area contributed by atoms with Crippen LogP contribution in [0.1, 0.15) is 5.69 Å². The zero-order valence-corrected chi connectivity index (χ0v) is 10.5. The molecule has 17 heavy (non-hydrogen) atoms. The Labute approximate surface area is 105 Å². The first-order valence-electron chi connectivity index (χ1n) is 5.03. The van der Waals surface area contributed by atoms with E-state index >= 15 is 0 Å². The van der Waals surface area contributed by atoms with Crippen molar-refractivity contribution in [3.63, 3.8) is 0 Å². The van der Waals surface area contributed by atoms with Gasteiger partial charge in [0.15, 0.2) is 5.69 Å². The number of halogens is 1. The molecule has 0 radical (unpaired) electrons. The lowest BCUT2D eigenvalue weighted by atomic mass is 10.3. The lowest BCUT2D eigenvalue weighted by Gasteiger charge is -2.21. The molecular formula is C11H14ClN3O2. The van der Waals surface area contributed by atoms with Crippen molar-refractivity contribution in [1.29, 1.82) is 5.26 Å². The van der Waals surface area contributed by atoms with E-state index < -0.39 is 6.10 Å². The molecule has 0 unspecified atom stereocenters. The fourth-order valence-electron chi connectivity index (χ4n) is 1.38. The average molecular weight is 256 g/mol. The number of pyridine rings is 1. The van der Waals surface area contributed by atoms with Gasteiger partial charge in [-0.1, -0.05) is 11.6 Å². The zero-order chi connectivity index (χ0) is 12.8. The third kappa shape index (κ3) is 3.86. The monoisotopic (exact) mass is 255 g/mol. The van der Waals surface area contributed by atoms with Crippen LogP contribution in [-0.4, -0.2) is 43.5 Å². The topological polar surface area (TPSA) is 69.4 Å². The second-order valence-corrected chi connectivity index (χ2v) is 4.01. The van der Waals surface area contributed by atoms with E-state index in [1.54, 1.807) is 24.1 Å². The normalized spacial score (nSPS) is 11.9. The minimum atomic E-state index is -0.604. The SMILES string of the molecule is COC[C@H](O)CN(C)c1ccc(Cl)c(C#N)n1. The molecule has 0 aromatic carbocycles. The molecule has 0 bridgehead atoms. The van der Waals surface area contributed by atoms with Gasteiger partial charge in [-0.3, -0.25) is 0 Å². The minimum Gasteiger partial charge on any atom is -0.389 e. The first kappa shape index (κ1) is 13.7. The molecule has 0 fully saturated rings. The number of hydrogen-bond donors (Lipinski definition) is 1. The predicted octanol–water partition coefficient (Wildman–Crippen LogP) is 1.05. The van der Waals surface area contributed by atoms with E-state index in [-0.39, 0.29) is 12.3 Å². The number of rotatable bonds is 5. The van der Waals surface area contributed by atoms with Crippen molar-refractivity contribution in [2.45, 2.75) is 6.10 Å². The van der Waals surface area contributed by atoms with Crippen molar-refractivity contribution in [3.05, 3.63) is 22.8 Å². The minimum absolute atomic E-state index is 0.178. The molecule has 1 heterocycles. The number of nitriles is 1. The molecule has 1 atom stereocenters. The molecule has 1 aromatic rings. The van der Waals surface area contributed by atoms with Gasteiger partial charge >= 0.3 is 0 Å². The van der Waals surface area contributed by atoms with E-state index in [1.165, 1.54) is 7.11 Å². The molecule has 0 saturated carbocycles.